The molecule has 1 saturated carbocycles. The first kappa shape index (κ1) is 8.51. The normalized spacial score (nSPS) is 44.6. The standard InChI is InChI=1S/C12H17NO/c1-2-8-3-9-5-12(10(9)4-8)6-11(14)13-7-12/h4,9-10H,2-3,5-7H2,1H3,(H,13,14)/t9-,10-,12-/m1/s1. The molecule has 2 fully saturated rings. The molecule has 0 bridgehead atoms. The van der Waals surface area contributed by atoms with Crippen molar-refractivity contribution in [3.63, 3.8) is 0 Å². The molecule has 0 aromatic rings. The largest absolute Gasteiger partial charge is 0.355 e. The van der Waals surface area contributed by atoms with Crippen molar-refractivity contribution < 1.29 is 4.79 Å². The fraction of sp³-hybridized carbons (Fsp3) is 0.750. The van der Waals surface area contributed by atoms with Crippen molar-refractivity contribution in [3.05, 3.63) is 11.6 Å². The van der Waals surface area contributed by atoms with Crippen LogP contribution in [0.2, 0.25) is 0 Å². The lowest BCUT2D eigenvalue weighted by Gasteiger charge is -2.49. The SMILES string of the molecule is CCC1=C[C@@H]2[C@H](C1)C[C@@]21CNC(=O)C1. The summed E-state index contributed by atoms with van der Waals surface area (Å²) < 4.78 is 0. The molecule has 3 aliphatic rings. The Bertz CT molecular complexity index is 320. The Labute approximate surface area is 84.8 Å². The minimum atomic E-state index is 0.266. The number of carbonyl (C=O) groups excluding carboxylic acids is 1. The summed E-state index contributed by atoms with van der Waals surface area (Å²) in [7, 11) is 0. The second-order valence-electron chi connectivity index (χ2n) is 5.19. The maximum absolute atomic E-state index is 11.3. The highest BCUT2D eigenvalue weighted by Gasteiger charge is 2.57. The van der Waals surface area contributed by atoms with Gasteiger partial charge in [0.2, 0.25) is 5.91 Å². The highest BCUT2D eigenvalue weighted by atomic mass is 16.1. The first-order chi connectivity index (χ1) is 6.73. The van der Waals surface area contributed by atoms with Crippen LogP contribution in [-0.2, 0) is 4.79 Å². The minimum absolute atomic E-state index is 0.266. The van der Waals surface area contributed by atoms with Crippen LogP contribution in [0.5, 0.6) is 0 Å². The fourth-order valence-corrected chi connectivity index (χ4v) is 3.66. The number of nitrogens with one attached hydrogen (secondary N) is 1. The van der Waals surface area contributed by atoms with E-state index in [1.807, 2.05) is 0 Å². The average molecular weight is 191 g/mol. The van der Waals surface area contributed by atoms with E-state index in [4.69, 9.17) is 0 Å². The van der Waals surface area contributed by atoms with Crippen LogP contribution in [0.3, 0.4) is 0 Å². The first-order valence-electron chi connectivity index (χ1n) is 5.70. The molecule has 1 saturated heterocycles. The zero-order chi connectivity index (χ0) is 9.76. The summed E-state index contributed by atoms with van der Waals surface area (Å²) in [5.74, 6) is 1.86. The van der Waals surface area contributed by atoms with Crippen molar-refractivity contribution in [2.24, 2.45) is 17.3 Å². The molecule has 2 aliphatic carbocycles. The van der Waals surface area contributed by atoms with Gasteiger partial charge in [0.1, 0.15) is 0 Å². The number of amides is 1. The monoisotopic (exact) mass is 191 g/mol. The van der Waals surface area contributed by atoms with Gasteiger partial charge in [-0.15, -0.1) is 0 Å². The highest BCUT2D eigenvalue weighted by molar-refractivity contribution is 5.79. The smallest absolute Gasteiger partial charge is 0.220 e. The maximum atomic E-state index is 11.3. The summed E-state index contributed by atoms with van der Waals surface area (Å²) in [6.07, 6.45) is 7.02. The molecule has 3 atom stereocenters. The Morgan fingerprint density at radius 2 is 2.50 bits per heavy atom. The number of fused-ring (bicyclic) bond motifs is 2. The molecular weight excluding hydrogens is 174 g/mol. The van der Waals surface area contributed by atoms with E-state index in [0.717, 1.165) is 24.8 Å². The molecule has 0 aromatic heterocycles. The Balaban J connectivity index is 1.81. The molecule has 14 heavy (non-hydrogen) atoms. The van der Waals surface area contributed by atoms with E-state index in [1.165, 1.54) is 19.3 Å². The van der Waals surface area contributed by atoms with Gasteiger partial charge in [0.25, 0.3) is 0 Å². The van der Waals surface area contributed by atoms with Crippen molar-refractivity contribution in [1.29, 1.82) is 0 Å². The second kappa shape index (κ2) is 2.62. The zero-order valence-electron chi connectivity index (χ0n) is 8.68. The molecule has 0 aromatic carbocycles. The van der Waals surface area contributed by atoms with Gasteiger partial charge >= 0.3 is 0 Å². The van der Waals surface area contributed by atoms with Crippen LogP contribution >= 0.6 is 0 Å². The molecule has 1 amide bonds. The van der Waals surface area contributed by atoms with E-state index in [9.17, 15) is 4.79 Å². The van der Waals surface area contributed by atoms with E-state index in [-0.39, 0.29) is 5.91 Å². The fourth-order valence-electron chi connectivity index (χ4n) is 3.66. The summed E-state index contributed by atoms with van der Waals surface area (Å²) in [6, 6.07) is 0. The van der Waals surface area contributed by atoms with Crippen molar-refractivity contribution >= 4 is 5.91 Å². The van der Waals surface area contributed by atoms with Gasteiger partial charge in [-0.1, -0.05) is 18.6 Å². The molecule has 1 spiro atoms. The summed E-state index contributed by atoms with van der Waals surface area (Å²) in [4.78, 5) is 11.3. The van der Waals surface area contributed by atoms with Crippen LogP contribution in [0, 0.1) is 17.3 Å². The van der Waals surface area contributed by atoms with E-state index in [1.54, 1.807) is 5.57 Å². The molecule has 2 nitrogen and oxygen atoms in total. The number of hydrogen-bond acceptors (Lipinski definition) is 1. The van der Waals surface area contributed by atoms with Gasteiger partial charge in [-0.05, 0) is 31.1 Å². The van der Waals surface area contributed by atoms with Crippen molar-refractivity contribution in [3.8, 4) is 0 Å². The Hall–Kier alpha value is -0.790. The van der Waals surface area contributed by atoms with Gasteiger partial charge in [0.05, 0.1) is 0 Å². The lowest BCUT2D eigenvalue weighted by atomic mass is 9.54. The van der Waals surface area contributed by atoms with Crippen LogP contribution in [0.4, 0.5) is 0 Å². The Morgan fingerprint density at radius 3 is 3.14 bits per heavy atom. The number of allylic oxidation sites excluding steroid dienone is 2. The Kier molecular flexibility index (Phi) is 1.59. The predicted molar refractivity (Wildman–Crippen MR) is 54.6 cm³/mol. The van der Waals surface area contributed by atoms with Gasteiger partial charge in [0.15, 0.2) is 0 Å². The minimum Gasteiger partial charge on any atom is -0.355 e. The van der Waals surface area contributed by atoms with Crippen LogP contribution in [-0.4, -0.2) is 12.5 Å². The molecule has 2 heteroatoms. The topological polar surface area (TPSA) is 29.1 Å². The van der Waals surface area contributed by atoms with E-state index >= 15 is 0 Å². The molecule has 76 valence electrons. The van der Waals surface area contributed by atoms with Gasteiger partial charge in [-0.25, -0.2) is 0 Å². The summed E-state index contributed by atoms with van der Waals surface area (Å²) >= 11 is 0. The van der Waals surface area contributed by atoms with Crippen molar-refractivity contribution in [2.75, 3.05) is 6.54 Å². The third-order valence-corrected chi connectivity index (χ3v) is 4.43. The lowest BCUT2D eigenvalue weighted by Crippen LogP contribution is -2.46. The number of hydrogen-bond donors (Lipinski definition) is 1. The third kappa shape index (κ3) is 0.943. The van der Waals surface area contributed by atoms with E-state index < -0.39 is 0 Å². The van der Waals surface area contributed by atoms with Crippen molar-refractivity contribution in [2.45, 2.75) is 32.6 Å². The first-order valence-corrected chi connectivity index (χ1v) is 5.70. The number of rotatable bonds is 1. The van der Waals surface area contributed by atoms with E-state index in [0.29, 0.717) is 5.41 Å². The second-order valence-corrected chi connectivity index (χ2v) is 5.19. The predicted octanol–water partition coefficient (Wildman–Crippen LogP) is 1.87. The van der Waals surface area contributed by atoms with E-state index in [2.05, 4.69) is 18.3 Å². The van der Waals surface area contributed by atoms with Crippen LogP contribution < -0.4 is 5.32 Å². The van der Waals surface area contributed by atoms with Crippen LogP contribution in [0.1, 0.15) is 32.6 Å². The zero-order valence-corrected chi connectivity index (χ0v) is 8.68. The maximum Gasteiger partial charge on any atom is 0.220 e. The molecule has 0 unspecified atom stereocenters. The molecule has 3 rings (SSSR count). The molecule has 0 radical (unpaired) electrons. The summed E-state index contributed by atoms with van der Waals surface area (Å²) in [5, 5.41) is 2.99. The molecule has 1 aliphatic heterocycles. The van der Waals surface area contributed by atoms with Crippen LogP contribution in [0.25, 0.3) is 0 Å². The lowest BCUT2D eigenvalue weighted by molar-refractivity contribution is -0.120. The van der Waals surface area contributed by atoms with Gasteiger partial charge in [-0.3, -0.25) is 4.79 Å². The molecular formula is C12H17NO. The van der Waals surface area contributed by atoms with Gasteiger partial charge in [-0.2, -0.15) is 0 Å². The van der Waals surface area contributed by atoms with Gasteiger partial charge in [0, 0.05) is 18.4 Å². The number of carbonyl (C=O) groups is 1. The molecule has 1 N–H and O–H groups in total. The third-order valence-electron chi connectivity index (χ3n) is 4.43. The Morgan fingerprint density at radius 1 is 1.64 bits per heavy atom. The van der Waals surface area contributed by atoms with Crippen LogP contribution in [0.15, 0.2) is 11.6 Å². The quantitative estimate of drug-likeness (QED) is 0.630. The van der Waals surface area contributed by atoms with Crippen molar-refractivity contribution in [1.82, 2.24) is 5.32 Å². The average Bonchev–Trinajstić information content (AvgIpc) is 2.68. The summed E-state index contributed by atoms with van der Waals surface area (Å²) in [6.45, 7) is 3.17. The van der Waals surface area contributed by atoms with Gasteiger partial charge < -0.3 is 5.32 Å². The molecule has 1 heterocycles. The highest BCUT2D eigenvalue weighted by Crippen LogP contribution is 2.60. The summed E-state index contributed by atoms with van der Waals surface area (Å²) in [5.41, 5.74) is 1.95.